The van der Waals surface area contributed by atoms with Crippen molar-refractivity contribution in [3.8, 4) is 5.75 Å². The zero-order chi connectivity index (χ0) is 12.8. The van der Waals surface area contributed by atoms with E-state index in [-0.39, 0.29) is 5.82 Å². The highest BCUT2D eigenvalue weighted by molar-refractivity contribution is 5.80. The number of hydrogen-bond donors (Lipinski definition) is 1. The summed E-state index contributed by atoms with van der Waals surface area (Å²) in [5.74, 6) is 0.119. The normalized spacial score (nSPS) is 10.6. The lowest BCUT2D eigenvalue weighted by Gasteiger charge is -2.02. The number of anilines is 1. The monoisotopic (exact) mass is 244 g/mol. The van der Waals surface area contributed by atoms with Crippen molar-refractivity contribution in [1.82, 2.24) is 0 Å². The van der Waals surface area contributed by atoms with Crippen LogP contribution >= 0.6 is 0 Å². The molecule has 0 amide bonds. The van der Waals surface area contributed by atoms with Crippen molar-refractivity contribution in [1.29, 1.82) is 0 Å². The van der Waals surface area contributed by atoms with E-state index in [9.17, 15) is 4.39 Å². The molecule has 92 valence electrons. The van der Waals surface area contributed by atoms with E-state index in [4.69, 9.17) is 4.74 Å². The number of methoxy groups -OCH3 is 1. The summed E-state index contributed by atoms with van der Waals surface area (Å²) in [6, 6.07) is 14.1. The molecular formula is C14H13FN2O. The van der Waals surface area contributed by atoms with Crippen LogP contribution in [0.2, 0.25) is 0 Å². The summed E-state index contributed by atoms with van der Waals surface area (Å²) in [7, 11) is 1.50. The molecule has 0 bridgehead atoms. The van der Waals surface area contributed by atoms with Crippen molar-refractivity contribution in [3.63, 3.8) is 0 Å². The second-order valence-corrected chi connectivity index (χ2v) is 3.62. The predicted molar refractivity (Wildman–Crippen MR) is 70.6 cm³/mol. The molecule has 4 heteroatoms. The maximum absolute atomic E-state index is 13.6. The minimum Gasteiger partial charge on any atom is -0.497 e. The Kier molecular flexibility index (Phi) is 3.91. The van der Waals surface area contributed by atoms with Crippen LogP contribution in [0.25, 0.3) is 0 Å². The van der Waals surface area contributed by atoms with E-state index in [1.807, 2.05) is 30.3 Å². The van der Waals surface area contributed by atoms with Gasteiger partial charge in [-0.15, -0.1) is 0 Å². The Hall–Kier alpha value is -2.36. The summed E-state index contributed by atoms with van der Waals surface area (Å²) in [6.45, 7) is 0. The number of benzene rings is 2. The Morgan fingerprint density at radius 2 is 1.94 bits per heavy atom. The number of rotatable bonds is 4. The van der Waals surface area contributed by atoms with Crippen molar-refractivity contribution in [2.45, 2.75) is 0 Å². The highest BCUT2D eigenvalue weighted by Gasteiger charge is 2.00. The van der Waals surface area contributed by atoms with E-state index in [0.717, 1.165) is 5.69 Å². The molecule has 0 radical (unpaired) electrons. The van der Waals surface area contributed by atoms with Gasteiger partial charge >= 0.3 is 0 Å². The van der Waals surface area contributed by atoms with Crippen molar-refractivity contribution in [3.05, 3.63) is 59.9 Å². The molecule has 0 unspecified atom stereocenters. The number of hydrazone groups is 1. The van der Waals surface area contributed by atoms with Gasteiger partial charge in [0.1, 0.15) is 11.6 Å². The van der Waals surface area contributed by atoms with Gasteiger partial charge in [-0.3, -0.25) is 5.43 Å². The molecule has 0 spiro atoms. The summed E-state index contributed by atoms with van der Waals surface area (Å²) in [5, 5.41) is 3.97. The maximum Gasteiger partial charge on any atom is 0.135 e. The Balaban J connectivity index is 2.05. The average molecular weight is 244 g/mol. The van der Waals surface area contributed by atoms with Crippen LogP contribution in [0.15, 0.2) is 53.6 Å². The molecule has 0 aromatic heterocycles. The summed E-state index contributed by atoms with van der Waals surface area (Å²) < 4.78 is 18.5. The lowest BCUT2D eigenvalue weighted by atomic mass is 10.2. The number of hydrogen-bond acceptors (Lipinski definition) is 3. The SMILES string of the molecule is COc1ccc(C=NNc2ccccc2)c(F)c1. The van der Waals surface area contributed by atoms with E-state index in [1.165, 1.54) is 19.4 Å². The molecule has 0 atom stereocenters. The standard InChI is InChI=1S/C14H13FN2O/c1-18-13-8-7-11(14(15)9-13)10-16-17-12-5-3-2-4-6-12/h2-10,17H,1H3. The lowest BCUT2D eigenvalue weighted by molar-refractivity contribution is 0.411. The molecule has 0 aliphatic heterocycles. The molecule has 1 N–H and O–H groups in total. The minimum atomic E-state index is -0.368. The van der Waals surface area contributed by atoms with Crippen LogP contribution in [-0.4, -0.2) is 13.3 Å². The molecule has 3 nitrogen and oxygen atoms in total. The van der Waals surface area contributed by atoms with Crippen molar-refractivity contribution >= 4 is 11.9 Å². The molecule has 18 heavy (non-hydrogen) atoms. The first-order valence-corrected chi connectivity index (χ1v) is 5.47. The number of ether oxygens (including phenoxy) is 1. The van der Waals surface area contributed by atoms with Crippen molar-refractivity contribution in [2.24, 2.45) is 5.10 Å². The molecular weight excluding hydrogens is 231 g/mol. The first kappa shape index (κ1) is 12.1. The second kappa shape index (κ2) is 5.82. The number of para-hydroxylation sites is 1. The van der Waals surface area contributed by atoms with Gasteiger partial charge in [-0.2, -0.15) is 5.10 Å². The maximum atomic E-state index is 13.6. The highest BCUT2D eigenvalue weighted by atomic mass is 19.1. The van der Waals surface area contributed by atoms with Crippen LogP contribution in [0.5, 0.6) is 5.75 Å². The van der Waals surface area contributed by atoms with Gasteiger partial charge in [0.15, 0.2) is 0 Å². The van der Waals surface area contributed by atoms with Crippen LogP contribution in [0.4, 0.5) is 10.1 Å². The van der Waals surface area contributed by atoms with Crippen LogP contribution in [-0.2, 0) is 0 Å². The fourth-order valence-electron chi connectivity index (χ4n) is 1.43. The fourth-order valence-corrected chi connectivity index (χ4v) is 1.43. The molecule has 2 aromatic carbocycles. The third-order valence-electron chi connectivity index (χ3n) is 2.38. The van der Waals surface area contributed by atoms with Gasteiger partial charge in [0.2, 0.25) is 0 Å². The zero-order valence-electron chi connectivity index (χ0n) is 9.93. The molecule has 2 aromatic rings. The number of halogens is 1. The van der Waals surface area contributed by atoms with Gasteiger partial charge < -0.3 is 4.74 Å². The van der Waals surface area contributed by atoms with Gasteiger partial charge in [-0.05, 0) is 24.3 Å². The van der Waals surface area contributed by atoms with Gasteiger partial charge in [-0.1, -0.05) is 18.2 Å². The summed E-state index contributed by atoms with van der Waals surface area (Å²) in [6.07, 6.45) is 1.43. The van der Waals surface area contributed by atoms with Crippen molar-refractivity contribution < 1.29 is 9.13 Å². The summed E-state index contributed by atoms with van der Waals surface area (Å²) >= 11 is 0. The van der Waals surface area contributed by atoms with Gasteiger partial charge in [0.25, 0.3) is 0 Å². The Morgan fingerprint density at radius 3 is 2.61 bits per heavy atom. The Labute approximate surface area is 105 Å². The molecule has 0 heterocycles. The fraction of sp³-hybridized carbons (Fsp3) is 0.0714. The van der Waals surface area contributed by atoms with E-state index >= 15 is 0 Å². The Bertz CT molecular complexity index is 541. The topological polar surface area (TPSA) is 33.6 Å². The van der Waals surface area contributed by atoms with E-state index in [1.54, 1.807) is 12.1 Å². The highest BCUT2D eigenvalue weighted by Crippen LogP contribution is 2.14. The summed E-state index contributed by atoms with van der Waals surface area (Å²) in [4.78, 5) is 0. The first-order valence-electron chi connectivity index (χ1n) is 5.47. The van der Waals surface area contributed by atoms with Crippen LogP contribution in [0, 0.1) is 5.82 Å². The zero-order valence-corrected chi connectivity index (χ0v) is 9.93. The lowest BCUT2D eigenvalue weighted by Crippen LogP contribution is -1.94. The molecule has 0 aliphatic carbocycles. The number of nitrogens with one attached hydrogen (secondary N) is 1. The Morgan fingerprint density at radius 1 is 1.17 bits per heavy atom. The van der Waals surface area contributed by atoms with Crippen molar-refractivity contribution in [2.75, 3.05) is 12.5 Å². The molecule has 0 fully saturated rings. The number of nitrogens with zero attached hydrogens (tertiary/aromatic N) is 1. The molecule has 0 saturated heterocycles. The third-order valence-corrected chi connectivity index (χ3v) is 2.38. The van der Waals surface area contributed by atoms with E-state index in [2.05, 4.69) is 10.5 Å². The van der Waals surface area contributed by atoms with Crippen LogP contribution in [0.3, 0.4) is 0 Å². The van der Waals surface area contributed by atoms with Gasteiger partial charge in [-0.25, -0.2) is 4.39 Å². The van der Waals surface area contributed by atoms with Crippen LogP contribution in [0.1, 0.15) is 5.56 Å². The molecule has 0 aliphatic rings. The third kappa shape index (κ3) is 3.07. The van der Waals surface area contributed by atoms with Crippen LogP contribution < -0.4 is 10.2 Å². The van der Waals surface area contributed by atoms with E-state index in [0.29, 0.717) is 11.3 Å². The van der Waals surface area contributed by atoms with Gasteiger partial charge in [0, 0.05) is 11.6 Å². The molecule has 2 rings (SSSR count). The second-order valence-electron chi connectivity index (χ2n) is 3.62. The predicted octanol–water partition coefficient (Wildman–Crippen LogP) is 3.28. The minimum absolute atomic E-state index is 0.368. The first-order chi connectivity index (χ1) is 8.79. The largest absolute Gasteiger partial charge is 0.497 e. The quantitative estimate of drug-likeness (QED) is 0.661. The summed E-state index contributed by atoms with van der Waals surface area (Å²) in [5.41, 5.74) is 4.07. The van der Waals surface area contributed by atoms with E-state index < -0.39 is 0 Å². The average Bonchev–Trinajstić information content (AvgIpc) is 2.42. The van der Waals surface area contributed by atoms with Gasteiger partial charge in [0.05, 0.1) is 19.0 Å². The smallest absolute Gasteiger partial charge is 0.135 e. The molecule has 0 saturated carbocycles.